The average Bonchev–Trinajstić information content (AvgIpc) is 2.74. The van der Waals surface area contributed by atoms with Crippen LogP contribution in [0.4, 0.5) is 5.88 Å². The van der Waals surface area contributed by atoms with E-state index >= 15 is 0 Å². The minimum atomic E-state index is -1.18. The number of hydrogen-bond acceptors (Lipinski definition) is 6. The van der Waals surface area contributed by atoms with E-state index in [0.717, 1.165) is 0 Å². The van der Waals surface area contributed by atoms with E-state index in [2.05, 4.69) is 9.68 Å². The SMILES string of the molecule is COc1cc(O)c(-c2cnoc2N)cc1C(=O)O. The van der Waals surface area contributed by atoms with Gasteiger partial charge in [-0.2, -0.15) is 0 Å². The summed E-state index contributed by atoms with van der Waals surface area (Å²) >= 11 is 0. The van der Waals surface area contributed by atoms with Crippen LogP contribution in [-0.2, 0) is 0 Å². The Kier molecular flexibility index (Phi) is 2.80. The molecule has 0 aliphatic rings. The number of nitrogen functional groups attached to an aromatic ring is 1. The summed E-state index contributed by atoms with van der Waals surface area (Å²) in [5.74, 6) is -1.31. The maximum absolute atomic E-state index is 11.1. The van der Waals surface area contributed by atoms with Crippen molar-refractivity contribution in [2.24, 2.45) is 0 Å². The largest absolute Gasteiger partial charge is 0.507 e. The van der Waals surface area contributed by atoms with Gasteiger partial charge in [0.15, 0.2) is 0 Å². The monoisotopic (exact) mass is 250 g/mol. The minimum Gasteiger partial charge on any atom is -0.507 e. The maximum Gasteiger partial charge on any atom is 0.339 e. The first kappa shape index (κ1) is 11.8. The van der Waals surface area contributed by atoms with Gasteiger partial charge in [0.05, 0.1) is 18.9 Å². The Hall–Kier alpha value is -2.70. The molecule has 1 aromatic heterocycles. The summed E-state index contributed by atoms with van der Waals surface area (Å²) in [7, 11) is 1.31. The van der Waals surface area contributed by atoms with Crippen LogP contribution in [0, 0.1) is 0 Å². The summed E-state index contributed by atoms with van der Waals surface area (Å²) in [6, 6.07) is 2.45. The highest BCUT2D eigenvalue weighted by Crippen LogP contribution is 2.37. The molecular weight excluding hydrogens is 240 g/mol. The normalized spacial score (nSPS) is 10.3. The quantitative estimate of drug-likeness (QED) is 0.751. The van der Waals surface area contributed by atoms with Gasteiger partial charge in [-0.05, 0) is 6.07 Å². The lowest BCUT2D eigenvalue weighted by atomic mass is 10.0. The van der Waals surface area contributed by atoms with Gasteiger partial charge in [0.1, 0.15) is 17.1 Å². The molecule has 0 atom stereocenters. The van der Waals surface area contributed by atoms with Gasteiger partial charge in [0.25, 0.3) is 0 Å². The van der Waals surface area contributed by atoms with Gasteiger partial charge >= 0.3 is 5.97 Å². The van der Waals surface area contributed by atoms with E-state index in [4.69, 9.17) is 15.6 Å². The summed E-state index contributed by atoms with van der Waals surface area (Å²) < 4.78 is 9.55. The lowest BCUT2D eigenvalue weighted by molar-refractivity contribution is 0.0693. The molecule has 94 valence electrons. The molecule has 1 heterocycles. The highest BCUT2D eigenvalue weighted by Gasteiger charge is 2.19. The van der Waals surface area contributed by atoms with E-state index in [0.29, 0.717) is 5.56 Å². The van der Waals surface area contributed by atoms with Crippen LogP contribution in [0.1, 0.15) is 10.4 Å². The van der Waals surface area contributed by atoms with Crippen molar-refractivity contribution in [2.75, 3.05) is 12.8 Å². The minimum absolute atomic E-state index is 0.00759. The Morgan fingerprint density at radius 2 is 2.17 bits per heavy atom. The molecule has 18 heavy (non-hydrogen) atoms. The van der Waals surface area contributed by atoms with Crippen molar-refractivity contribution in [1.82, 2.24) is 5.16 Å². The second-order valence-corrected chi connectivity index (χ2v) is 3.48. The van der Waals surface area contributed by atoms with Crippen LogP contribution in [0.3, 0.4) is 0 Å². The maximum atomic E-state index is 11.1. The van der Waals surface area contributed by atoms with Gasteiger partial charge in [-0.3, -0.25) is 0 Å². The van der Waals surface area contributed by atoms with Crippen molar-refractivity contribution in [3.8, 4) is 22.6 Å². The number of phenolic OH excluding ortho intramolecular Hbond substituents is 1. The number of nitrogens with two attached hydrogens (primary N) is 1. The number of carbonyl (C=O) groups is 1. The molecule has 0 spiro atoms. The topological polar surface area (TPSA) is 119 Å². The average molecular weight is 250 g/mol. The second-order valence-electron chi connectivity index (χ2n) is 3.48. The third-order valence-electron chi connectivity index (χ3n) is 2.44. The van der Waals surface area contributed by atoms with E-state index in [-0.39, 0.29) is 28.5 Å². The van der Waals surface area contributed by atoms with Crippen LogP contribution in [-0.4, -0.2) is 28.4 Å². The van der Waals surface area contributed by atoms with Gasteiger partial charge in [-0.25, -0.2) is 4.79 Å². The molecule has 4 N–H and O–H groups in total. The molecule has 0 amide bonds. The van der Waals surface area contributed by atoms with Crippen molar-refractivity contribution >= 4 is 11.9 Å². The lowest BCUT2D eigenvalue weighted by Gasteiger charge is -2.09. The summed E-state index contributed by atoms with van der Waals surface area (Å²) in [4.78, 5) is 11.1. The lowest BCUT2D eigenvalue weighted by Crippen LogP contribution is -2.01. The number of hydrogen-bond donors (Lipinski definition) is 3. The Bertz CT molecular complexity index is 605. The Morgan fingerprint density at radius 3 is 2.67 bits per heavy atom. The number of rotatable bonds is 3. The second kappa shape index (κ2) is 4.28. The molecule has 0 unspecified atom stereocenters. The zero-order valence-electron chi connectivity index (χ0n) is 9.38. The molecule has 7 heteroatoms. The molecule has 7 nitrogen and oxygen atoms in total. The van der Waals surface area contributed by atoms with Crippen molar-refractivity contribution < 1.29 is 24.3 Å². The van der Waals surface area contributed by atoms with Crippen LogP contribution in [0.15, 0.2) is 22.9 Å². The fraction of sp³-hybridized carbons (Fsp3) is 0.0909. The molecule has 0 aliphatic carbocycles. The number of ether oxygens (including phenoxy) is 1. The van der Waals surface area contributed by atoms with Gasteiger partial charge in [-0.1, -0.05) is 5.16 Å². The Labute approximate surface area is 101 Å². The van der Waals surface area contributed by atoms with Crippen LogP contribution in [0.25, 0.3) is 11.1 Å². The fourth-order valence-electron chi connectivity index (χ4n) is 1.57. The molecule has 0 fully saturated rings. The molecule has 2 rings (SSSR count). The summed E-state index contributed by atoms with van der Waals surface area (Å²) in [6.45, 7) is 0. The standard InChI is InChI=1S/C11H10N2O5/c1-17-9-3-8(14)5(2-6(9)11(15)16)7-4-13-18-10(7)12/h2-4,14H,12H2,1H3,(H,15,16). The third kappa shape index (κ3) is 1.81. The predicted molar refractivity (Wildman–Crippen MR) is 61.5 cm³/mol. The van der Waals surface area contributed by atoms with Gasteiger partial charge in [0.2, 0.25) is 5.88 Å². The zero-order valence-corrected chi connectivity index (χ0v) is 9.38. The molecule has 0 aliphatic heterocycles. The number of aromatic nitrogens is 1. The summed E-state index contributed by atoms with van der Waals surface area (Å²) in [5.41, 5.74) is 5.96. The zero-order chi connectivity index (χ0) is 13.3. The first-order chi connectivity index (χ1) is 8.54. The predicted octanol–water partition coefficient (Wildman–Crippen LogP) is 1.34. The number of nitrogens with zero attached hydrogens (tertiary/aromatic N) is 1. The highest BCUT2D eigenvalue weighted by molar-refractivity contribution is 5.94. The van der Waals surface area contributed by atoms with Gasteiger partial charge in [0, 0.05) is 11.6 Å². The van der Waals surface area contributed by atoms with Gasteiger partial charge in [-0.15, -0.1) is 0 Å². The van der Waals surface area contributed by atoms with Crippen LogP contribution in [0.2, 0.25) is 0 Å². The molecule has 0 saturated heterocycles. The summed E-state index contributed by atoms with van der Waals surface area (Å²) in [6.07, 6.45) is 1.29. The number of carboxylic acids is 1. The van der Waals surface area contributed by atoms with E-state index in [1.165, 1.54) is 25.4 Å². The summed E-state index contributed by atoms with van der Waals surface area (Å²) in [5, 5.41) is 22.3. The number of carboxylic acid groups (broad SMARTS) is 1. The van der Waals surface area contributed by atoms with Crippen LogP contribution in [0.5, 0.6) is 11.5 Å². The first-order valence-corrected chi connectivity index (χ1v) is 4.89. The van der Waals surface area contributed by atoms with E-state index in [1.54, 1.807) is 0 Å². The highest BCUT2D eigenvalue weighted by atomic mass is 16.5. The molecule has 2 aromatic rings. The number of methoxy groups -OCH3 is 1. The Morgan fingerprint density at radius 1 is 1.44 bits per heavy atom. The van der Waals surface area contributed by atoms with E-state index in [9.17, 15) is 9.90 Å². The fourth-order valence-corrected chi connectivity index (χ4v) is 1.57. The number of anilines is 1. The van der Waals surface area contributed by atoms with E-state index < -0.39 is 5.97 Å². The molecule has 0 radical (unpaired) electrons. The van der Waals surface area contributed by atoms with Crippen molar-refractivity contribution in [1.29, 1.82) is 0 Å². The third-order valence-corrected chi connectivity index (χ3v) is 2.44. The number of aromatic carboxylic acids is 1. The van der Waals surface area contributed by atoms with E-state index in [1.807, 2.05) is 0 Å². The molecule has 0 saturated carbocycles. The van der Waals surface area contributed by atoms with Crippen LogP contribution >= 0.6 is 0 Å². The van der Waals surface area contributed by atoms with Gasteiger partial charge < -0.3 is 25.2 Å². The number of benzene rings is 1. The first-order valence-electron chi connectivity index (χ1n) is 4.89. The van der Waals surface area contributed by atoms with Crippen LogP contribution < -0.4 is 10.5 Å². The molecule has 0 bridgehead atoms. The number of aromatic hydroxyl groups is 1. The molecular formula is C11H10N2O5. The number of phenols is 1. The molecule has 1 aromatic carbocycles. The van der Waals surface area contributed by atoms with Crippen molar-refractivity contribution in [3.05, 3.63) is 23.9 Å². The van der Waals surface area contributed by atoms with Crippen molar-refractivity contribution in [2.45, 2.75) is 0 Å². The smallest absolute Gasteiger partial charge is 0.339 e. The Balaban J connectivity index is 2.66. The van der Waals surface area contributed by atoms with Crippen molar-refractivity contribution in [3.63, 3.8) is 0 Å².